The molecule has 0 spiro atoms. The molecule has 4 aromatic rings. The lowest BCUT2D eigenvalue weighted by atomic mass is 10.1. The fourth-order valence-corrected chi connectivity index (χ4v) is 3.05. The molecule has 6 nitrogen and oxygen atoms in total. The quantitative estimate of drug-likeness (QED) is 0.461. The van der Waals surface area contributed by atoms with Gasteiger partial charge in [0.15, 0.2) is 6.61 Å². The standard InChI is InChI=1S/C24H20FN3O3/c1-16(17-11-13-19(25)14-12-17)26-24(29)20-9-5-6-10-21(20)30-15-22-27-23(28-31-22)18-7-3-2-4-8-18/h2-14,16H,15H2,1H3,(H,26,29). The number of carbonyl (C=O) groups excluding carboxylic acids is 1. The van der Waals surface area contributed by atoms with Gasteiger partial charge in [0, 0.05) is 5.56 Å². The Kier molecular flexibility index (Phi) is 6.03. The van der Waals surface area contributed by atoms with Crippen molar-refractivity contribution in [2.24, 2.45) is 0 Å². The minimum atomic E-state index is -0.322. The number of carbonyl (C=O) groups is 1. The highest BCUT2D eigenvalue weighted by atomic mass is 19.1. The van der Waals surface area contributed by atoms with E-state index in [0.29, 0.717) is 23.0 Å². The third-order valence-electron chi connectivity index (χ3n) is 4.70. The number of nitrogens with one attached hydrogen (secondary N) is 1. The Labute approximate surface area is 178 Å². The number of ether oxygens (including phenoxy) is 1. The lowest BCUT2D eigenvalue weighted by Gasteiger charge is -2.16. The highest BCUT2D eigenvalue weighted by Crippen LogP contribution is 2.22. The monoisotopic (exact) mass is 417 g/mol. The van der Waals surface area contributed by atoms with Crippen molar-refractivity contribution in [1.82, 2.24) is 15.5 Å². The van der Waals surface area contributed by atoms with Gasteiger partial charge in [-0.1, -0.05) is 59.8 Å². The van der Waals surface area contributed by atoms with Crippen LogP contribution in [-0.4, -0.2) is 16.0 Å². The van der Waals surface area contributed by atoms with Crippen LogP contribution in [0.15, 0.2) is 83.4 Å². The number of hydrogen-bond acceptors (Lipinski definition) is 5. The second kappa shape index (κ2) is 9.21. The number of nitrogens with zero attached hydrogens (tertiary/aromatic N) is 2. The summed E-state index contributed by atoms with van der Waals surface area (Å²) < 4.78 is 24.2. The molecule has 7 heteroatoms. The Morgan fingerprint density at radius 1 is 1.03 bits per heavy atom. The molecule has 0 fully saturated rings. The van der Waals surface area contributed by atoms with E-state index in [-0.39, 0.29) is 24.4 Å². The Hall–Kier alpha value is -4.00. The van der Waals surface area contributed by atoms with Gasteiger partial charge in [0.05, 0.1) is 11.6 Å². The van der Waals surface area contributed by atoms with Crippen molar-refractivity contribution in [2.45, 2.75) is 19.6 Å². The molecule has 0 aliphatic rings. The van der Waals surface area contributed by atoms with Gasteiger partial charge in [0.1, 0.15) is 11.6 Å². The summed E-state index contributed by atoms with van der Waals surface area (Å²) in [7, 11) is 0. The van der Waals surface area contributed by atoms with E-state index in [1.54, 1.807) is 36.4 Å². The molecule has 1 unspecified atom stereocenters. The first-order valence-corrected chi connectivity index (χ1v) is 9.76. The van der Waals surface area contributed by atoms with Gasteiger partial charge in [-0.15, -0.1) is 0 Å². The van der Waals surface area contributed by atoms with Crippen molar-refractivity contribution in [3.63, 3.8) is 0 Å². The fourth-order valence-electron chi connectivity index (χ4n) is 3.05. The summed E-state index contributed by atoms with van der Waals surface area (Å²) in [6.45, 7) is 1.86. The first-order chi connectivity index (χ1) is 15.1. The minimum Gasteiger partial charge on any atom is -0.483 e. The van der Waals surface area contributed by atoms with Gasteiger partial charge in [-0.3, -0.25) is 4.79 Å². The summed E-state index contributed by atoms with van der Waals surface area (Å²) in [5.74, 6) is 0.540. The van der Waals surface area contributed by atoms with E-state index in [4.69, 9.17) is 9.26 Å². The van der Waals surface area contributed by atoms with Crippen LogP contribution in [0, 0.1) is 5.82 Å². The van der Waals surface area contributed by atoms with Crippen LogP contribution in [0.25, 0.3) is 11.4 Å². The molecule has 1 atom stereocenters. The molecule has 156 valence electrons. The Morgan fingerprint density at radius 3 is 2.52 bits per heavy atom. The fraction of sp³-hybridized carbons (Fsp3) is 0.125. The molecule has 1 heterocycles. The molecule has 1 aromatic heterocycles. The average molecular weight is 417 g/mol. The van der Waals surface area contributed by atoms with Crippen molar-refractivity contribution in [3.05, 3.63) is 102 Å². The van der Waals surface area contributed by atoms with Crippen LogP contribution in [-0.2, 0) is 6.61 Å². The van der Waals surface area contributed by atoms with Gasteiger partial charge in [-0.25, -0.2) is 4.39 Å². The lowest BCUT2D eigenvalue weighted by Crippen LogP contribution is -2.27. The molecule has 3 aromatic carbocycles. The molecule has 0 aliphatic heterocycles. The normalized spacial score (nSPS) is 11.7. The van der Waals surface area contributed by atoms with E-state index in [9.17, 15) is 9.18 Å². The number of hydrogen-bond donors (Lipinski definition) is 1. The number of amides is 1. The molecule has 0 bridgehead atoms. The maximum Gasteiger partial charge on any atom is 0.264 e. The molecule has 1 N–H and O–H groups in total. The smallest absolute Gasteiger partial charge is 0.264 e. The predicted molar refractivity (Wildman–Crippen MR) is 113 cm³/mol. The maximum atomic E-state index is 13.1. The van der Waals surface area contributed by atoms with Crippen molar-refractivity contribution in [2.75, 3.05) is 0 Å². The van der Waals surface area contributed by atoms with Crippen molar-refractivity contribution in [1.29, 1.82) is 0 Å². The number of benzene rings is 3. The molecule has 31 heavy (non-hydrogen) atoms. The minimum absolute atomic E-state index is 0.0254. The van der Waals surface area contributed by atoms with Crippen LogP contribution in [0.4, 0.5) is 4.39 Å². The maximum absolute atomic E-state index is 13.1. The Bertz CT molecular complexity index is 1160. The third-order valence-corrected chi connectivity index (χ3v) is 4.70. The second-order valence-electron chi connectivity index (χ2n) is 6.91. The SMILES string of the molecule is CC(NC(=O)c1ccccc1OCc1nc(-c2ccccc2)no1)c1ccc(F)cc1. The van der Waals surface area contributed by atoms with E-state index < -0.39 is 0 Å². The van der Waals surface area contributed by atoms with Gasteiger partial charge in [-0.05, 0) is 36.8 Å². The zero-order valence-electron chi connectivity index (χ0n) is 16.8. The summed E-state index contributed by atoms with van der Waals surface area (Å²) >= 11 is 0. The zero-order valence-corrected chi connectivity index (χ0v) is 16.8. The van der Waals surface area contributed by atoms with Crippen LogP contribution >= 0.6 is 0 Å². The highest BCUT2D eigenvalue weighted by molar-refractivity contribution is 5.97. The van der Waals surface area contributed by atoms with Gasteiger partial charge in [-0.2, -0.15) is 4.98 Å². The molecular formula is C24H20FN3O3. The lowest BCUT2D eigenvalue weighted by molar-refractivity contribution is 0.0934. The van der Waals surface area contributed by atoms with Crippen molar-refractivity contribution in [3.8, 4) is 17.1 Å². The van der Waals surface area contributed by atoms with Gasteiger partial charge < -0.3 is 14.6 Å². The summed E-state index contributed by atoms with van der Waals surface area (Å²) in [4.78, 5) is 17.1. The van der Waals surface area contributed by atoms with E-state index in [1.165, 1.54) is 12.1 Å². The summed E-state index contributed by atoms with van der Waals surface area (Å²) in [5.41, 5.74) is 2.01. The van der Waals surface area contributed by atoms with Crippen LogP contribution < -0.4 is 10.1 Å². The summed E-state index contributed by atoms with van der Waals surface area (Å²) in [6.07, 6.45) is 0. The Balaban J connectivity index is 1.43. The summed E-state index contributed by atoms with van der Waals surface area (Å²) in [5, 5.41) is 6.87. The molecule has 1 amide bonds. The van der Waals surface area contributed by atoms with E-state index >= 15 is 0 Å². The van der Waals surface area contributed by atoms with Crippen molar-refractivity contribution >= 4 is 5.91 Å². The van der Waals surface area contributed by atoms with Crippen molar-refractivity contribution < 1.29 is 18.4 Å². The van der Waals surface area contributed by atoms with Gasteiger partial charge in [0.2, 0.25) is 5.82 Å². The first-order valence-electron chi connectivity index (χ1n) is 9.76. The van der Waals surface area contributed by atoms with Gasteiger partial charge in [0.25, 0.3) is 11.8 Å². The van der Waals surface area contributed by atoms with Crippen LogP contribution in [0.5, 0.6) is 5.75 Å². The largest absolute Gasteiger partial charge is 0.483 e. The number of rotatable bonds is 7. The number of aromatic nitrogens is 2. The predicted octanol–water partition coefficient (Wildman–Crippen LogP) is 4.95. The van der Waals surface area contributed by atoms with E-state index in [2.05, 4.69) is 15.5 Å². The summed E-state index contributed by atoms with van der Waals surface area (Å²) in [6, 6.07) is 22.1. The van der Waals surface area contributed by atoms with Crippen LogP contribution in [0.2, 0.25) is 0 Å². The third kappa shape index (κ3) is 4.95. The van der Waals surface area contributed by atoms with E-state index in [0.717, 1.165) is 11.1 Å². The molecule has 4 rings (SSSR count). The van der Waals surface area contributed by atoms with Crippen LogP contribution in [0.1, 0.15) is 34.8 Å². The van der Waals surface area contributed by atoms with Gasteiger partial charge >= 0.3 is 0 Å². The highest BCUT2D eigenvalue weighted by Gasteiger charge is 2.17. The molecule has 0 saturated carbocycles. The second-order valence-corrected chi connectivity index (χ2v) is 6.91. The topological polar surface area (TPSA) is 77.2 Å². The van der Waals surface area contributed by atoms with E-state index in [1.807, 2.05) is 37.3 Å². The molecule has 0 saturated heterocycles. The average Bonchev–Trinajstić information content (AvgIpc) is 3.28. The molecular weight excluding hydrogens is 397 g/mol. The first kappa shape index (κ1) is 20.3. The number of para-hydroxylation sites is 1. The molecule has 0 aliphatic carbocycles. The zero-order chi connectivity index (χ0) is 21.6. The van der Waals surface area contributed by atoms with Crippen LogP contribution in [0.3, 0.4) is 0 Å². The number of halogens is 1. The molecule has 0 radical (unpaired) electrons. The Morgan fingerprint density at radius 2 is 1.74 bits per heavy atom.